The van der Waals surface area contributed by atoms with E-state index in [0.29, 0.717) is 0 Å². The third-order valence-corrected chi connectivity index (χ3v) is 2.44. The lowest BCUT2D eigenvalue weighted by atomic mass is 9.97. The van der Waals surface area contributed by atoms with Crippen molar-refractivity contribution < 1.29 is 0 Å². The summed E-state index contributed by atoms with van der Waals surface area (Å²) >= 11 is 0. The Kier molecular flexibility index (Phi) is 10.1. The van der Waals surface area contributed by atoms with Crippen molar-refractivity contribution in [2.75, 3.05) is 13.1 Å². The zero-order valence-corrected chi connectivity index (χ0v) is 9.60. The Labute approximate surface area is 89.3 Å². The zero-order valence-electron chi connectivity index (χ0n) is 9.60. The molecule has 0 rings (SSSR count). The van der Waals surface area contributed by atoms with Gasteiger partial charge in [0.2, 0.25) is 0 Å². The van der Waals surface area contributed by atoms with Crippen molar-refractivity contribution in [3.05, 3.63) is 25.3 Å². The third-order valence-electron chi connectivity index (χ3n) is 2.44. The summed E-state index contributed by atoms with van der Waals surface area (Å²) in [5.74, 6) is 0.735. The highest BCUT2D eigenvalue weighted by Crippen LogP contribution is 2.13. The van der Waals surface area contributed by atoms with E-state index in [0.717, 1.165) is 31.8 Å². The SMILES string of the molecule is C=CCC(CC=C)CCNCCCC. The number of allylic oxidation sites excluding steroid dienone is 2. The lowest BCUT2D eigenvalue weighted by molar-refractivity contribution is 0.471. The average Bonchev–Trinajstić information content (AvgIpc) is 2.18. The molecule has 1 N–H and O–H groups in total. The first-order valence-electron chi connectivity index (χ1n) is 5.77. The van der Waals surface area contributed by atoms with Gasteiger partial charge in [-0.15, -0.1) is 13.2 Å². The van der Waals surface area contributed by atoms with Gasteiger partial charge in [-0.25, -0.2) is 0 Å². The van der Waals surface area contributed by atoms with Crippen LogP contribution < -0.4 is 5.32 Å². The molecule has 0 fully saturated rings. The molecule has 0 atom stereocenters. The number of hydrogen-bond donors (Lipinski definition) is 1. The molecule has 0 radical (unpaired) electrons. The summed E-state index contributed by atoms with van der Waals surface area (Å²) < 4.78 is 0. The highest BCUT2D eigenvalue weighted by molar-refractivity contribution is 4.79. The Hall–Kier alpha value is -0.560. The monoisotopic (exact) mass is 195 g/mol. The number of hydrogen-bond acceptors (Lipinski definition) is 1. The van der Waals surface area contributed by atoms with Gasteiger partial charge in [-0.2, -0.15) is 0 Å². The van der Waals surface area contributed by atoms with E-state index in [9.17, 15) is 0 Å². The van der Waals surface area contributed by atoms with Crippen molar-refractivity contribution in [2.24, 2.45) is 5.92 Å². The maximum atomic E-state index is 3.79. The fourth-order valence-corrected chi connectivity index (χ4v) is 1.54. The molecule has 1 heteroatoms. The topological polar surface area (TPSA) is 12.0 Å². The summed E-state index contributed by atoms with van der Waals surface area (Å²) in [4.78, 5) is 0. The summed E-state index contributed by atoms with van der Waals surface area (Å²) in [6, 6.07) is 0. The van der Waals surface area contributed by atoms with Crippen molar-refractivity contribution in [2.45, 2.75) is 39.0 Å². The van der Waals surface area contributed by atoms with Crippen LogP contribution in [0.2, 0.25) is 0 Å². The van der Waals surface area contributed by atoms with Gasteiger partial charge in [0.25, 0.3) is 0 Å². The molecule has 0 aromatic heterocycles. The summed E-state index contributed by atoms with van der Waals surface area (Å²) in [5, 5.41) is 3.47. The molecule has 0 heterocycles. The van der Waals surface area contributed by atoms with E-state index in [1.165, 1.54) is 19.3 Å². The smallest absolute Gasteiger partial charge is 0.00461 e. The fraction of sp³-hybridized carbons (Fsp3) is 0.692. The van der Waals surface area contributed by atoms with E-state index in [-0.39, 0.29) is 0 Å². The summed E-state index contributed by atoms with van der Waals surface area (Å²) in [5.41, 5.74) is 0. The molecule has 82 valence electrons. The van der Waals surface area contributed by atoms with Crippen LogP contribution in [0.1, 0.15) is 39.0 Å². The quantitative estimate of drug-likeness (QED) is 0.415. The first-order chi connectivity index (χ1) is 6.85. The molecule has 0 unspecified atom stereocenters. The van der Waals surface area contributed by atoms with Crippen LogP contribution in [-0.4, -0.2) is 13.1 Å². The molecule has 0 aliphatic rings. The highest BCUT2D eigenvalue weighted by atomic mass is 14.8. The Morgan fingerprint density at radius 1 is 1.14 bits per heavy atom. The molecule has 0 aliphatic heterocycles. The van der Waals surface area contributed by atoms with Crippen molar-refractivity contribution in [1.29, 1.82) is 0 Å². The summed E-state index contributed by atoms with van der Waals surface area (Å²) in [7, 11) is 0. The van der Waals surface area contributed by atoms with Gasteiger partial charge in [0.15, 0.2) is 0 Å². The van der Waals surface area contributed by atoms with Crippen molar-refractivity contribution in [3.8, 4) is 0 Å². The second-order valence-corrected chi connectivity index (χ2v) is 3.81. The molecule has 0 aromatic carbocycles. The molecular weight excluding hydrogens is 170 g/mol. The maximum absolute atomic E-state index is 3.79. The lowest BCUT2D eigenvalue weighted by Gasteiger charge is -2.12. The van der Waals surface area contributed by atoms with Crippen LogP contribution in [-0.2, 0) is 0 Å². The first-order valence-corrected chi connectivity index (χ1v) is 5.77. The molecule has 0 saturated heterocycles. The number of rotatable bonds is 10. The second-order valence-electron chi connectivity index (χ2n) is 3.81. The van der Waals surface area contributed by atoms with Gasteiger partial charge < -0.3 is 5.32 Å². The molecule has 14 heavy (non-hydrogen) atoms. The Bertz CT molecular complexity index is 130. The molecule has 0 spiro atoms. The Balaban J connectivity index is 3.39. The van der Waals surface area contributed by atoms with E-state index in [2.05, 4.69) is 25.4 Å². The van der Waals surface area contributed by atoms with E-state index < -0.39 is 0 Å². The maximum Gasteiger partial charge on any atom is -0.00461 e. The van der Waals surface area contributed by atoms with Gasteiger partial charge >= 0.3 is 0 Å². The zero-order chi connectivity index (χ0) is 10.6. The Morgan fingerprint density at radius 2 is 1.79 bits per heavy atom. The van der Waals surface area contributed by atoms with E-state index in [1.54, 1.807) is 0 Å². The van der Waals surface area contributed by atoms with Crippen LogP contribution >= 0.6 is 0 Å². The lowest BCUT2D eigenvalue weighted by Crippen LogP contribution is -2.19. The van der Waals surface area contributed by atoms with Gasteiger partial charge in [0.05, 0.1) is 0 Å². The van der Waals surface area contributed by atoms with Crippen LogP contribution in [0.3, 0.4) is 0 Å². The molecule has 0 bridgehead atoms. The van der Waals surface area contributed by atoms with Crippen LogP contribution in [0, 0.1) is 5.92 Å². The highest BCUT2D eigenvalue weighted by Gasteiger charge is 2.03. The van der Waals surface area contributed by atoms with Crippen LogP contribution in [0.4, 0.5) is 0 Å². The fourth-order valence-electron chi connectivity index (χ4n) is 1.54. The normalized spacial score (nSPS) is 10.4. The third kappa shape index (κ3) is 8.06. The van der Waals surface area contributed by atoms with Gasteiger partial charge in [-0.05, 0) is 44.7 Å². The molecular formula is C13H25N. The standard InChI is InChI=1S/C13H25N/c1-4-7-11-14-12-10-13(8-5-2)9-6-3/h5-6,13-14H,2-4,7-12H2,1H3. The molecule has 0 saturated carbocycles. The largest absolute Gasteiger partial charge is 0.317 e. The van der Waals surface area contributed by atoms with Crippen LogP contribution in [0.5, 0.6) is 0 Å². The molecule has 0 amide bonds. The van der Waals surface area contributed by atoms with Gasteiger partial charge in [-0.1, -0.05) is 25.5 Å². The second kappa shape index (κ2) is 10.5. The van der Waals surface area contributed by atoms with Crippen LogP contribution in [0.15, 0.2) is 25.3 Å². The van der Waals surface area contributed by atoms with Gasteiger partial charge in [0, 0.05) is 0 Å². The van der Waals surface area contributed by atoms with Gasteiger partial charge in [0.1, 0.15) is 0 Å². The van der Waals surface area contributed by atoms with Crippen molar-refractivity contribution >= 4 is 0 Å². The minimum absolute atomic E-state index is 0.735. The predicted molar refractivity (Wildman–Crippen MR) is 65.5 cm³/mol. The molecule has 1 nitrogen and oxygen atoms in total. The minimum Gasteiger partial charge on any atom is -0.317 e. The summed E-state index contributed by atoms with van der Waals surface area (Å²) in [6.07, 6.45) is 10.1. The Morgan fingerprint density at radius 3 is 2.29 bits per heavy atom. The first kappa shape index (κ1) is 13.4. The van der Waals surface area contributed by atoms with E-state index >= 15 is 0 Å². The number of unbranched alkanes of at least 4 members (excludes halogenated alkanes) is 1. The van der Waals surface area contributed by atoms with Crippen LogP contribution in [0.25, 0.3) is 0 Å². The van der Waals surface area contributed by atoms with Crippen molar-refractivity contribution in [3.63, 3.8) is 0 Å². The van der Waals surface area contributed by atoms with E-state index in [1.807, 2.05) is 12.2 Å². The van der Waals surface area contributed by atoms with E-state index in [4.69, 9.17) is 0 Å². The van der Waals surface area contributed by atoms with Gasteiger partial charge in [-0.3, -0.25) is 0 Å². The average molecular weight is 195 g/mol. The summed E-state index contributed by atoms with van der Waals surface area (Å²) in [6.45, 7) is 12.1. The minimum atomic E-state index is 0.735. The molecule has 0 aliphatic carbocycles. The molecule has 0 aromatic rings. The predicted octanol–water partition coefficient (Wildman–Crippen LogP) is 3.53. The number of nitrogens with one attached hydrogen (secondary N) is 1. The van der Waals surface area contributed by atoms with Crippen molar-refractivity contribution in [1.82, 2.24) is 5.32 Å².